The summed E-state index contributed by atoms with van der Waals surface area (Å²) in [6.07, 6.45) is -0.847. The number of methoxy groups -OCH3 is 1. The Labute approximate surface area is 175 Å². The Morgan fingerprint density at radius 1 is 0.800 bits per heavy atom. The molecular weight excluding hydrogens is 380 g/mol. The van der Waals surface area contributed by atoms with E-state index in [4.69, 9.17) is 9.47 Å². The molecule has 6 nitrogen and oxygen atoms in total. The Morgan fingerprint density at radius 3 is 1.80 bits per heavy atom. The number of aliphatic imine (C=N–C) groups is 1. The molecule has 0 N–H and O–H groups in total. The molecule has 0 saturated heterocycles. The first-order valence-corrected chi connectivity index (χ1v) is 9.41. The number of hydrogen-bond donors (Lipinski definition) is 0. The molecule has 3 rings (SSSR count). The van der Waals surface area contributed by atoms with Crippen LogP contribution in [0.4, 0.5) is 16.2 Å². The summed E-state index contributed by atoms with van der Waals surface area (Å²) in [6.45, 7) is 0.111. The van der Waals surface area contributed by atoms with Gasteiger partial charge in [-0.3, -0.25) is 0 Å². The summed E-state index contributed by atoms with van der Waals surface area (Å²) in [6, 6.07) is 28.3. The minimum absolute atomic E-state index is 0.0428. The monoisotopic (exact) mass is 402 g/mol. The number of anilines is 2. The maximum atomic E-state index is 12.3. The van der Waals surface area contributed by atoms with E-state index < -0.39 is 12.1 Å². The van der Waals surface area contributed by atoms with E-state index in [1.54, 1.807) is 0 Å². The summed E-state index contributed by atoms with van der Waals surface area (Å²) in [4.78, 5) is 30.4. The van der Waals surface area contributed by atoms with Crippen LogP contribution >= 0.6 is 0 Å². The van der Waals surface area contributed by atoms with E-state index in [1.807, 2.05) is 95.9 Å². The molecule has 0 aromatic heterocycles. The molecule has 0 aliphatic heterocycles. The predicted octanol–water partition coefficient (Wildman–Crippen LogP) is 4.78. The maximum absolute atomic E-state index is 12.3. The summed E-state index contributed by atoms with van der Waals surface area (Å²) in [5, 5.41) is 0. The molecule has 0 bridgehead atoms. The number of hydrogen-bond acceptors (Lipinski definition) is 5. The molecule has 6 heteroatoms. The van der Waals surface area contributed by atoms with Gasteiger partial charge in [0.2, 0.25) is 0 Å². The highest BCUT2D eigenvalue weighted by molar-refractivity contribution is 6.39. The van der Waals surface area contributed by atoms with Crippen molar-refractivity contribution in [3.8, 4) is 0 Å². The number of nitrogens with zero attached hydrogens (tertiary/aromatic N) is 2. The van der Waals surface area contributed by atoms with E-state index in [0.29, 0.717) is 0 Å². The Bertz CT molecular complexity index is 950. The van der Waals surface area contributed by atoms with Crippen molar-refractivity contribution >= 4 is 29.1 Å². The van der Waals surface area contributed by atoms with Crippen molar-refractivity contribution < 1.29 is 19.1 Å². The third-order valence-electron chi connectivity index (χ3n) is 4.30. The van der Waals surface area contributed by atoms with Gasteiger partial charge in [0.1, 0.15) is 6.61 Å². The molecule has 0 aliphatic carbocycles. The van der Waals surface area contributed by atoms with Gasteiger partial charge in [0.15, 0.2) is 5.71 Å². The fourth-order valence-corrected chi connectivity index (χ4v) is 2.82. The van der Waals surface area contributed by atoms with Crippen LogP contribution < -0.4 is 4.90 Å². The van der Waals surface area contributed by atoms with E-state index in [9.17, 15) is 9.59 Å². The molecule has 0 heterocycles. The summed E-state index contributed by atoms with van der Waals surface area (Å²) < 4.78 is 10.0. The maximum Gasteiger partial charge on any atom is 0.434 e. The van der Waals surface area contributed by atoms with E-state index in [-0.39, 0.29) is 18.9 Å². The number of benzene rings is 3. The fraction of sp³-hybridized carbons (Fsp3) is 0.125. The van der Waals surface area contributed by atoms with Crippen molar-refractivity contribution in [2.24, 2.45) is 4.99 Å². The second-order valence-electron chi connectivity index (χ2n) is 6.35. The normalized spacial score (nSPS) is 10.9. The summed E-state index contributed by atoms with van der Waals surface area (Å²) >= 11 is 0. The van der Waals surface area contributed by atoms with Gasteiger partial charge in [0.05, 0.1) is 13.7 Å². The zero-order valence-electron chi connectivity index (χ0n) is 16.6. The van der Waals surface area contributed by atoms with Gasteiger partial charge in [-0.1, -0.05) is 66.7 Å². The number of para-hydroxylation sites is 2. The summed E-state index contributed by atoms with van der Waals surface area (Å²) in [5.41, 5.74) is 2.47. The van der Waals surface area contributed by atoms with Gasteiger partial charge in [-0.2, -0.15) is 4.99 Å². The third-order valence-corrected chi connectivity index (χ3v) is 4.30. The van der Waals surface area contributed by atoms with Gasteiger partial charge in [-0.15, -0.1) is 0 Å². The number of carbonyl (C=O) groups excluding carboxylic acids is 2. The number of rotatable bonds is 7. The molecule has 30 heavy (non-hydrogen) atoms. The van der Waals surface area contributed by atoms with E-state index in [0.717, 1.165) is 16.9 Å². The average Bonchev–Trinajstić information content (AvgIpc) is 2.81. The number of esters is 1. The molecule has 0 unspecified atom stereocenters. The number of amides is 1. The van der Waals surface area contributed by atoms with Crippen LogP contribution in [0.5, 0.6) is 0 Å². The van der Waals surface area contributed by atoms with Gasteiger partial charge in [0.25, 0.3) is 0 Å². The van der Waals surface area contributed by atoms with Gasteiger partial charge >= 0.3 is 12.1 Å². The van der Waals surface area contributed by atoms with Crippen LogP contribution in [-0.2, 0) is 20.9 Å². The lowest BCUT2D eigenvalue weighted by molar-refractivity contribution is -0.132. The molecule has 0 spiro atoms. The molecule has 0 saturated carbocycles. The lowest BCUT2D eigenvalue weighted by atomic mass is 10.2. The lowest BCUT2D eigenvalue weighted by Gasteiger charge is -2.25. The molecule has 1 amide bonds. The second kappa shape index (κ2) is 10.6. The molecule has 0 atom stereocenters. The van der Waals surface area contributed by atoms with Crippen LogP contribution in [0.15, 0.2) is 96.0 Å². The number of ether oxygens (including phenoxy) is 2. The minimum atomic E-state index is -0.847. The standard InChI is InChI=1S/C24H22N2O4/c1-29-23(27)22(25-24(28)30-18-19-11-5-2-6-12-19)17-26(20-13-7-3-8-14-20)21-15-9-4-10-16-21/h2-16H,17-18H2,1H3. The number of carbonyl (C=O) groups is 2. The molecular formula is C24H22N2O4. The van der Waals surface area contributed by atoms with E-state index in [1.165, 1.54) is 7.11 Å². The quantitative estimate of drug-likeness (QED) is 0.420. The van der Waals surface area contributed by atoms with Gasteiger partial charge in [0, 0.05) is 11.4 Å². The van der Waals surface area contributed by atoms with Crippen LogP contribution in [0.2, 0.25) is 0 Å². The molecule has 0 fully saturated rings. The third kappa shape index (κ3) is 5.78. The Morgan fingerprint density at radius 2 is 1.30 bits per heavy atom. The Balaban J connectivity index is 1.83. The van der Waals surface area contributed by atoms with Gasteiger partial charge in [-0.05, 0) is 29.8 Å². The summed E-state index contributed by atoms with van der Waals surface area (Å²) in [5.74, 6) is -0.691. The van der Waals surface area contributed by atoms with Gasteiger partial charge in [-0.25, -0.2) is 9.59 Å². The fourth-order valence-electron chi connectivity index (χ4n) is 2.82. The Kier molecular flexibility index (Phi) is 7.33. The summed E-state index contributed by atoms with van der Waals surface area (Å²) in [7, 11) is 1.25. The minimum Gasteiger partial charge on any atom is -0.464 e. The molecule has 0 aliphatic rings. The van der Waals surface area contributed by atoms with Crippen LogP contribution in [0.1, 0.15) is 5.56 Å². The van der Waals surface area contributed by atoms with Crippen LogP contribution in [0.3, 0.4) is 0 Å². The lowest BCUT2D eigenvalue weighted by Crippen LogP contribution is -2.32. The van der Waals surface area contributed by atoms with Crippen molar-refractivity contribution in [1.82, 2.24) is 0 Å². The van der Waals surface area contributed by atoms with Crippen molar-refractivity contribution in [2.45, 2.75) is 6.61 Å². The second-order valence-corrected chi connectivity index (χ2v) is 6.35. The first kappa shape index (κ1) is 20.8. The van der Waals surface area contributed by atoms with E-state index in [2.05, 4.69) is 4.99 Å². The highest BCUT2D eigenvalue weighted by atomic mass is 16.5. The average molecular weight is 402 g/mol. The van der Waals surface area contributed by atoms with Crippen molar-refractivity contribution in [3.63, 3.8) is 0 Å². The van der Waals surface area contributed by atoms with Crippen LogP contribution in [0.25, 0.3) is 0 Å². The van der Waals surface area contributed by atoms with Crippen molar-refractivity contribution in [2.75, 3.05) is 18.6 Å². The SMILES string of the molecule is COC(=O)C(CN(c1ccccc1)c1ccccc1)=NC(=O)OCc1ccccc1. The first-order chi connectivity index (χ1) is 14.7. The molecule has 3 aromatic carbocycles. The zero-order valence-corrected chi connectivity index (χ0v) is 16.6. The van der Waals surface area contributed by atoms with Crippen LogP contribution in [0, 0.1) is 0 Å². The van der Waals surface area contributed by atoms with Crippen molar-refractivity contribution in [3.05, 3.63) is 96.6 Å². The highest BCUT2D eigenvalue weighted by Crippen LogP contribution is 2.24. The van der Waals surface area contributed by atoms with Gasteiger partial charge < -0.3 is 14.4 Å². The molecule has 3 aromatic rings. The molecule has 152 valence electrons. The van der Waals surface area contributed by atoms with E-state index >= 15 is 0 Å². The van der Waals surface area contributed by atoms with Crippen LogP contribution in [-0.4, -0.2) is 31.4 Å². The zero-order chi connectivity index (χ0) is 21.2. The van der Waals surface area contributed by atoms with Crippen molar-refractivity contribution in [1.29, 1.82) is 0 Å². The predicted molar refractivity (Wildman–Crippen MR) is 116 cm³/mol. The molecule has 0 radical (unpaired) electrons. The topological polar surface area (TPSA) is 68.2 Å². The largest absolute Gasteiger partial charge is 0.464 e. The first-order valence-electron chi connectivity index (χ1n) is 9.41. The smallest absolute Gasteiger partial charge is 0.434 e. The Hall–Kier alpha value is -3.93. The highest BCUT2D eigenvalue weighted by Gasteiger charge is 2.20.